The first-order valence-electron chi connectivity index (χ1n) is 4.97. The molecule has 90 valence electrons. The Morgan fingerprint density at radius 2 is 1.69 bits per heavy atom. The van der Waals surface area contributed by atoms with E-state index in [2.05, 4.69) is 0 Å². The van der Waals surface area contributed by atoms with E-state index in [0.717, 1.165) is 18.7 Å². The molecule has 1 aromatic carbocycles. The van der Waals surface area contributed by atoms with Crippen LogP contribution in [0.25, 0.3) is 0 Å². The Hall–Kier alpha value is -1.17. The van der Waals surface area contributed by atoms with Crippen LogP contribution in [0, 0.1) is 0 Å². The van der Waals surface area contributed by atoms with Crippen molar-refractivity contribution in [2.45, 2.75) is 0 Å². The molecule has 0 aliphatic heterocycles. The van der Waals surface area contributed by atoms with Crippen molar-refractivity contribution >= 4 is 12.4 Å². The van der Waals surface area contributed by atoms with E-state index in [-0.39, 0.29) is 0 Å². The van der Waals surface area contributed by atoms with Crippen LogP contribution in [0.5, 0.6) is 5.75 Å². The summed E-state index contributed by atoms with van der Waals surface area (Å²) in [5, 5.41) is 0. The van der Waals surface area contributed by atoms with Gasteiger partial charge in [0.25, 0.3) is 0 Å². The van der Waals surface area contributed by atoms with Crippen molar-refractivity contribution in [3.05, 3.63) is 24.3 Å². The third kappa shape index (κ3) is 4.14. The Balaban J connectivity index is 2.52. The van der Waals surface area contributed by atoms with Crippen LogP contribution in [-0.2, 0) is 0 Å². The van der Waals surface area contributed by atoms with Crippen molar-refractivity contribution < 1.29 is 17.7 Å². The lowest BCUT2D eigenvalue weighted by atomic mass is 9.80. The minimum Gasteiger partial charge on any atom is -0.492 e. The largest absolute Gasteiger partial charge is 0.509 e. The van der Waals surface area contributed by atoms with E-state index in [1.54, 1.807) is 0 Å². The summed E-state index contributed by atoms with van der Waals surface area (Å²) in [5.41, 5.74) is -0.597. The van der Waals surface area contributed by atoms with E-state index in [4.69, 9.17) is 4.74 Å². The molecule has 0 bridgehead atoms. The Kier molecular flexibility index (Phi) is 4.23. The molecule has 1 aromatic rings. The Morgan fingerprint density at radius 1 is 1.12 bits per heavy atom. The number of rotatable bonds is 5. The van der Waals surface area contributed by atoms with Gasteiger partial charge in [0.1, 0.15) is 12.4 Å². The molecule has 0 saturated carbocycles. The SMILES string of the molecule is CN(C)CCOc1ccc([B-](F)(F)F)cc1. The van der Waals surface area contributed by atoms with Crippen LogP contribution in [0.2, 0.25) is 0 Å². The molecular formula is C10H14BF3NO-. The lowest BCUT2D eigenvalue weighted by molar-refractivity contribution is 0.261. The number of halogens is 3. The first kappa shape index (κ1) is 12.9. The van der Waals surface area contributed by atoms with Crippen molar-refractivity contribution in [1.29, 1.82) is 0 Å². The monoisotopic (exact) mass is 232 g/mol. The van der Waals surface area contributed by atoms with Gasteiger partial charge in [-0.1, -0.05) is 12.1 Å². The van der Waals surface area contributed by atoms with Gasteiger partial charge in [0, 0.05) is 6.54 Å². The van der Waals surface area contributed by atoms with E-state index < -0.39 is 12.4 Å². The molecule has 16 heavy (non-hydrogen) atoms. The molecule has 0 aliphatic carbocycles. The van der Waals surface area contributed by atoms with Gasteiger partial charge in [0.05, 0.1) is 0 Å². The highest BCUT2D eigenvalue weighted by molar-refractivity contribution is 6.73. The van der Waals surface area contributed by atoms with Crippen LogP contribution < -0.4 is 10.2 Å². The summed E-state index contributed by atoms with van der Waals surface area (Å²) < 4.78 is 42.2. The summed E-state index contributed by atoms with van der Waals surface area (Å²) in [5.74, 6) is 0.464. The fourth-order valence-corrected chi connectivity index (χ4v) is 1.13. The molecule has 0 aromatic heterocycles. The lowest BCUT2D eigenvalue weighted by Gasteiger charge is -2.15. The van der Waals surface area contributed by atoms with Crippen LogP contribution >= 0.6 is 0 Å². The third-order valence-corrected chi connectivity index (χ3v) is 2.07. The summed E-state index contributed by atoms with van der Waals surface area (Å²) in [4.78, 5) is 1.94. The van der Waals surface area contributed by atoms with Gasteiger partial charge in [0.2, 0.25) is 0 Å². The third-order valence-electron chi connectivity index (χ3n) is 2.07. The van der Waals surface area contributed by atoms with Crippen molar-refractivity contribution in [2.24, 2.45) is 0 Å². The summed E-state index contributed by atoms with van der Waals surface area (Å²) in [6.45, 7) is -3.72. The topological polar surface area (TPSA) is 12.5 Å². The molecule has 0 unspecified atom stereocenters. The van der Waals surface area contributed by atoms with Crippen LogP contribution in [0.1, 0.15) is 0 Å². The number of nitrogens with zero attached hydrogens (tertiary/aromatic N) is 1. The van der Waals surface area contributed by atoms with Crippen LogP contribution in [0.4, 0.5) is 12.9 Å². The van der Waals surface area contributed by atoms with Crippen molar-refractivity contribution in [3.8, 4) is 5.75 Å². The van der Waals surface area contributed by atoms with Gasteiger partial charge in [-0.2, -0.15) is 0 Å². The predicted octanol–water partition coefficient (Wildman–Crippen LogP) is 1.68. The average Bonchev–Trinajstić information content (AvgIpc) is 2.16. The Labute approximate surface area is 93.1 Å². The van der Waals surface area contributed by atoms with E-state index in [0.29, 0.717) is 12.4 Å². The fraction of sp³-hybridized carbons (Fsp3) is 0.400. The van der Waals surface area contributed by atoms with Crippen molar-refractivity contribution in [3.63, 3.8) is 0 Å². The normalized spacial score (nSPS) is 11.9. The quantitative estimate of drug-likeness (QED) is 0.716. The number of hydrogen-bond acceptors (Lipinski definition) is 2. The van der Waals surface area contributed by atoms with Gasteiger partial charge in [0.15, 0.2) is 0 Å². The van der Waals surface area contributed by atoms with Gasteiger partial charge in [-0.25, -0.2) is 0 Å². The second-order valence-corrected chi connectivity index (χ2v) is 3.80. The molecule has 0 amide bonds. The maximum absolute atomic E-state index is 12.3. The predicted molar refractivity (Wildman–Crippen MR) is 59.2 cm³/mol. The number of likely N-dealkylation sites (N-methyl/N-ethyl adjacent to an activating group) is 1. The van der Waals surface area contributed by atoms with Gasteiger partial charge in [-0.15, -0.1) is 5.46 Å². The lowest BCUT2D eigenvalue weighted by Crippen LogP contribution is -2.33. The molecule has 0 spiro atoms. The summed E-state index contributed by atoms with van der Waals surface area (Å²) >= 11 is 0. The zero-order chi connectivity index (χ0) is 12.2. The first-order valence-corrected chi connectivity index (χ1v) is 4.97. The molecule has 0 fully saturated rings. The second kappa shape index (κ2) is 5.25. The van der Waals surface area contributed by atoms with E-state index >= 15 is 0 Å². The van der Waals surface area contributed by atoms with E-state index in [1.165, 1.54) is 12.1 Å². The summed E-state index contributed by atoms with van der Waals surface area (Å²) in [6, 6.07) is 4.79. The number of ether oxygens (including phenoxy) is 1. The second-order valence-electron chi connectivity index (χ2n) is 3.80. The zero-order valence-electron chi connectivity index (χ0n) is 9.29. The highest BCUT2D eigenvalue weighted by Crippen LogP contribution is 2.13. The summed E-state index contributed by atoms with van der Waals surface area (Å²) in [6.07, 6.45) is 0. The number of benzene rings is 1. The van der Waals surface area contributed by atoms with E-state index in [1.807, 2.05) is 19.0 Å². The standard InChI is InChI=1S/C10H14BF3NO/c1-15(2)7-8-16-10-5-3-9(4-6-10)11(12,13)14/h3-6H,7-8H2,1-2H3/q-1. The van der Waals surface area contributed by atoms with Gasteiger partial charge >= 0.3 is 6.98 Å². The van der Waals surface area contributed by atoms with E-state index in [9.17, 15) is 12.9 Å². The average molecular weight is 232 g/mol. The molecule has 0 radical (unpaired) electrons. The molecule has 0 aliphatic rings. The first-order chi connectivity index (χ1) is 7.39. The zero-order valence-corrected chi connectivity index (χ0v) is 9.29. The van der Waals surface area contributed by atoms with Gasteiger partial charge in [-0.05, 0) is 26.2 Å². The highest BCUT2D eigenvalue weighted by atomic mass is 19.4. The Bertz CT molecular complexity index is 324. The van der Waals surface area contributed by atoms with Crippen molar-refractivity contribution in [2.75, 3.05) is 27.2 Å². The Morgan fingerprint density at radius 3 is 2.12 bits per heavy atom. The minimum absolute atomic E-state index is 0.462. The van der Waals surface area contributed by atoms with Crippen LogP contribution in [0.15, 0.2) is 24.3 Å². The molecule has 2 nitrogen and oxygen atoms in total. The van der Waals surface area contributed by atoms with Gasteiger partial charge in [-0.3, -0.25) is 0 Å². The van der Waals surface area contributed by atoms with Crippen LogP contribution in [-0.4, -0.2) is 39.1 Å². The molecule has 1 rings (SSSR count). The molecule has 0 saturated heterocycles. The fourth-order valence-electron chi connectivity index (χ4n) is 1.13. The molecular weight excluding hydrogens is 218 g/mol. The molecule has 0 N–H and O–H groups in total. The highest BCUT2D eigenvalue weighted by Gasteiger charge is 2.24. The minimum atomic E-state index is -4.91. The van der Waals surface area contributed by atoms with Crippen molar-refractivity contribution in [1.82, 2.24) is 4.90 Å². The van der Waals surface area contributed by atoms with Gasteiger partial charge < -0.3 is 22.6 Å². The molecule has 0 atom stereocenters. The summed E-state index contributed by atoms with van der Waals surface area (Å²) in [7, 11) is 3.80. The molecule has 6 heteroatoms. The van der Waals surface area contributed by atoms with Crippen LogP contribution in [0.3, 0.4) is 0 Å². The molecule has 0 heterocycles. The smallest absolute Gasteiger partial charge is 0.492 e. The number of hydrogen-bond donors (Lipinski definition) is 0. The maximum atomic E-state index is 12.3. The maximum Gasteiger partial charge on any atom is 0.509 e.